The zero-order valence-electron chi connectivity index (χ0n) is 15.9. The van der Waals surface area contributed by atoms with Gasteiger partial charge in [0.25, 0.3) is 0 Å². The molecule has 1 aromatic rings. The van der Waals surface area contributed by atoms with Crippen molar-refractivity contribution in [2.75, 3.05) is 18.0 Å². The number of amidine groups is 1. The number of likely N-dealkylation sites (tertiary alicyclic amines) is 1. The lowest BCUT2D eigenvalue weighted by Gasteiger charge is -2.43. The Morgan fingerprint density at radius 3 is 2.32 bits per heavy atom. The van der Waals surface area contributed by atoms with Crippen LogP contribution in [-0.4, -0.2) is 47.3 Å². The Balaban J connectivity index is 1.75. The standard InChI is InChI=1S/C20H24F2N4O2/c1-13(27)25-8-6-20(7-9-25)18(23-16-4-2-3-5-16)24-19(28)26(20)17-11-14(21)10-15(22)12-17/h10-12,16H,2-9H2,1H3,(H,23,24,28). The van der Waals surface area contributed by atoms with Gasteiger partial charge in [-0.05, 0) is 37.8 Å². The molecule has 0 aromatic heterocycles. The van der Waals surface area contributed by atoms with Gasteiger partial charge in [0.1, 0.15) is 23.0 Å². The molecule has 1 aromatic carbocycles. The van der Waals surface area contributed by atoms with Crippen molar-refractivity contribution < 1.29 is 18.4 Å². The van der Waals surface area contributed by atoms with Crippen molar-refractivity contribution in [2.45, 2.75) is 57.0 Å². The van der Waals surface area contributed by atoms with Gasteiger partial charge < -0.3 is 4.90 Å². The highest BCUT2D eigenvalue weighted by atomic mass is 19.1. The molecule has 0 bridgehead atoms. The van der Waals surface area contributed by atoms with Crippen LogP contribution in [-0.2, 0) is 4.79 Å². The van der Waals surface area contributed by atoms with Gasteiger partial charge in [0.15, 0.2) is 0 Å². The van der Waals surface area contributed by atoms with E-state index in [2.05, 4.69) is 5.32 Å². The van der Waals surface area contributed by atoms with Gasteiger partial charge in [-0.15, -0.1) is 0 Å². The van der Waals surface area contributed by atoms with Gasteiger partial charge in [-0.1, -0.05) is 12.8 Å². The average molecular weight is 390 g/mol. The molecule has 0 atom stereocenters. The van der Waals surface area contributed by atoms with Crippen molar-refractivity contribution in [2.24, 2.45) is 4.99 Å². The van der Waals surface area contributed by atoms with E-state index in [-0.39, 0.29) is 17.6 Å². The largest absolute Gasteiger partial charge is 0.343 e. The van der Waals surface area contributed by atoms with Crippen LogP contribution in [0.15, 0.2) is 23.2 Å². The summed E-state index contributed by atoms with van der Waals surface area (Å²) >= 11 is 0. The molecular weight excluding hydrogens is 366 g/mol. The van der Waals surface area contributed by atoms with Crippen LogP contribution in [0.1, 0.15) is 45.4 Å². The van der Waals surface area contributed by atoms with Crippen LogP contribution in [0.25, 0.3) is 0 Å². The summed E-state index contributed by atoms with van der Waals surface area (Å²) in [5, 5.41) is 2.86. The molecule has 2 saturated heterocycles. The van der Waals surface area contributed by atoms with Crippen molar-refractivity contribution in [3.05, 3.63) is 29.8 Å². The highest BCUT2D eigenvalue weighted by Gasteiger charge is 2.53. The molecular formula is C20H24F2N4O2. The zero-order chi connectivity index (χ0) is 19.9. The molecule has 1 N–H and O–H groups in total. The molecule has 28 heavy (non-hydrogen) atoms. The van der Waals surface area contributed by atoms with Crippen LogP contribution in [0.4, 0.5) is 19.3 Å². The number of halogens is 2. The third-order valence-corrected chi connectivity index (χ3v) is 6.08. The fourth-order valence-corrected chi connectivity index (χ4v) is 4.63. The minimum absolute atomic E-state index is 0.0234. The topological polar surface area (TPSA) is 65.0 Å². The highest BCUT2D eigenvalue weighted by Crippen LogP contribution is 2.39. The number of amides is 3. The SMILES string of the molecule is CC(=O)N1CCC2(CC1)C(=NC1CCCC1)NC(=O)N2c1cc(F)cc(F)c1. The molecule has 150 valence electrons. The maximum absolute atomic E-state index is 13.9. The molecule has 3 fully saturated rings. The molecule has 2 heterocycles. The second-order valence-corrected chi connectivity index (χ2v) is 7.85. The summed E-state index contributed by atoms with van der Waals surface area (Å²) in [4.78, 5) is 32.7. The Bertz CT molecular complexity index is 807. The van der Waals surface area contributed by atoms with Crippen LogP contribution in [0, 0.1) is 11.6 Å². The summed E-state index contributed by atoms with van der Waals surface area (Å²) in [7, 11) is 0. The number of carbonyl (C=O) groups excluding carboxylic acids is 2. The van der Waals surface area contributed by atoms with Crippen LogP contribution in [0.3, 0.4) is 0 Å². The third-order valence-electron chi connectivity index (χ3n) is 6.08. The van der Waals surface area contributed by atoms with Crippen molar-refractivity contribution >= 4 is 23.5 Å². The number of anilines is 1. The van der Waals surface area contributed by atoms with Crippen molar-refractivity contribution in [1.82, 2.24) is 10.2 Å². The smallest absolute Gasteiger partial charge is 0.328 e. The minimum Gasteiger partial charge on any atom is -0.343 e. The molecule has 8 heteroatoms. The Hall–Kier alpha value is -2.51. The summed E-state index contributed by atoms with van der Waals surface area (Å²) in [6, 6.07) is 2.84. The minimum atomic E-state index is -0.814. The number of rotatable bonds is 2. The number of benzene rings is 1. The molecule has 1 saturated carbocycles. The summed E-state index contributed by atoms with van der Waals surface area (Å²) in [5.41, 5.74) is -0.644. The first-order chi connectivity index (χ1) is 13.4. The van der Waals surface area contributed by atoms with E-state index in [1.807, 2.05) is 0 Å². The first-order valence-corrected chi connectivity index (χ1v) is 9.80. The van der Waals surface area contributed by atoms with Crippen molar-refractivity contribution in [3.8, 4) is 0 Å². The van der Waals surface area contributed by atoms with Gasteiger partial charge in [-0.25, -0.2) is 13.6 Å². The monoisotopic (exact) mass is 390 g/mol. The summed E-state index contributed by atoms with van der Waals surface area (Å²) < 4.78 is 27.8. The quantitative estimate of drug-likeness (QED) is 0.843. The van der Waals surface area contributed by atoms with Gasteiger partial charge >= 0.3 is 6.03 Å². The fourth-order valence-electron chi connectivity index (χ4n) is 4.63. The molecule has 1 aliphatic carbocycles. The van der Waals surface area contributed by atoms with Gasteiger partial charge in [0.2, 0.25) is 5.91 Å². The number of hydrogen-bond donors (Lipinski definition) is 1. The number of nitrogens with one attached hydrogen (secondary N) is 1. The van der Waals surface area contributed by atoms with Crippen LogP contribution >= 0.6 is 0 Å². The number of piperidine rings is 1. The number of hydrogen-bond acceptors (Lipinski definition) is 3. The lowest BCUT2D eigenvalue weighted by Crippen LogP contribution is -2.57. The summed E-state index contributed by atoms with van der Waals surface area (Å²) in [6.07, 6.45) is 5.11. The molecule has 6 nitrogen and oxygen atoms in total. The van der Waals surface area contributed by atoms with E-state index in [1.165, 1.54) is 24.0 Å². The Morgan fingerprint density at radius 2 is 1.75 bits per heavy atom. The van der Waals surface area contributed by atoms with Crippen LogP contribution < -0.4 is 10.2 Å². The Morgan fingerprint density at radius 1 is 1.14 bits per heavy atom. The number of nitrogens with zero attached hydrogens (tertiary/aromatic N) is 3. The van der Waals surface area contributed by atoms with E-state index < -0.39 is 23.2 Å². The normalized spacial score (nSPS) is 23.7. The highest BCUT2D eigenvalue weighted by molar-refractivity contribution is 6.19. The summed E-state index contributed by atoms with van der Waals surface area (Å²) in [6.45, 7) is 2.44. The average Bonchev–Trinajstić information content (AvgIpc) is 3.22. The van der Waals surface area contributed by atoms with E-state index in [9.17, 15) is 18.4 Å². The first kappa shape index (κ1) is 18.8. The molecule has 1 spiro atoms. The molecule has 0 radical (unpaired) electrons. The Kier molecular flexibility index (Phi) is 4.81. The molecule has 4 rings (SSSR count). The second-order valence-electron chi connectivity index (χ2n) is 7.85. The molecule has 2 aliphatic heterocycles. The fraction of sp³-hybridized carbons (Fsp3) is 0.550. The zero-order valence-corrected chi connectivity index (χ0v) is 15.9. The lowest BCUT2D eigenvalue weighted by atomic mass is 9.85. The lowest BCUT2D eigenvalue weighted by molar-refractivity contribution is -0.130. The van der Waals surface area contributed by atoms with E-state index in [4.69, 9.17) is 4.99 Å². The maximum atomic E-state index is 13.9. The number of aliphatic imine (C=N–C) groups is 1. The van der Waals surface area contributed by atoms with Crippen LogP contribution in [0.2, 0.25) is 0 Å². The second kappa shape index (κ2) is 7.14. The molecule has 3 amide bonds. The van der Waals surface area contributed by atoms with E-state index in [0.717, 1.165) is 31.7 Å². The van der Waals surface area contributed by atoms with Gasteiger partial charge in [-0.2, -0.15) is 0 Å². The predicted molar refractivity (Wildman–Crippen MR) is 101 cm³/mol. The maximum Gasteiger partial charge on any atom is 0.328 e. The van der Waals surface area contributed by atoms with Crippen molar-refractivity contribution in [1.29, 1.82) is 0 Å². The van der Waals surface area contributed by atoms with Gasteiger partial charge in [0, 0.05) is 26.1 Å². The number of urea groups is 1. The van der Waals surface area contributed by atoms with Crippen LogP contribution in [0.5, 0.6) is 0 Å². The van der Waals surface area contributed by atoms with E-state index in [0.29, 0.717) is 31.8 Å². The predicted octanol–water partition coefficient (Wildman–Crippen LogP) is 3.22. The summed E-state index contributed by atoms with van der Waals surface area (Å²) in [5.74, 6) is -0.928. The van der Waals surface area contributed by atoms with Crippen molar-refractivity contribution in [3.63, 3.8) is 0 Å². The van der Waals surface area contributed by atoms with E-state index >= 15 is 0 Å². The molecule has 3 aliphatic rings. The van der Waals surface area contributed by atoms with Gasteiger partial charge in [-0.3, -0.25) is 20.0 Å². The third kappa shape index (κ3) is 3.25. The van der Waals surface area contributed by atoms with E-state index in [1.54, 1.807) is 4.90 Å². The first-order valence-electron chi connectivity index (χ1n) is 9.80. The Labute approximate surface area is 162 Å². The molecule has 0 unspecified atom stereocenters. The number of carbonyl (C=O) groups is 2. The van der Waals surface area contributed by atoms with Gasteiger partial charge in [0.05, 0.1) is 11.7 Å².